The molecular weight excluding hydrogens is 406 g/mol. The second kappa shape index (κ2) is 9.22. The van der Waals surface area contributed by atoms with Gasteiger partial charge >= 0.3 is 0 Å². The molecule has 7 heteroatoms. The van der Waals surface area contributed by atoms with Crippen molar-refractivity contribution >= 4 is 17.7 Å². The molecule has 0 bridgehead atoms. The van der Waals surface area contributed by atoms with Crippen molar-refractivity contribution in [3.8, 4) is 11.4 Å². The van der Waals surface area contributed by atoms with Crippen molar-refractivity contribution < 1.29 is 4.79 Å². The van der Waals surface area contributed by atoms with Crippen molar-refractivity contribution in [1.82, 2.24) is 24.6 Å². The lowest BCUT2D eigenvalue weighted by Crippen LogP contribution is -2.25. The second-order valence-electron chi connectivity index (χ2n) is 7.33. The standard InChI is InChI=1S/C24H25N5OS/c1-17-9-7-8-12-22(17)28-14-13-25-24(28)31-16-23(30)26-15-21-18(2)27-29(19(21)3)20-10-5-4-6-11-20/h4-14H,15-16H2,1-3H3,(H,26,30). The normalized spacial score (nSPS) is 10.9. The van der Waals surface area contributed by atoms with Gasteiger partial charge in [0.1, 0.15) is 0 Å². The minimum atomic E-state index is -0.0319. The highest BCUT2D eigenvalue weighted by Crippen LogP contribution is 2.23. The van der Waals surface area contributed by atoms with Gasteiger partial charge in [0.05, 0.1) is 22.8 Å². The molecule has 0 radical (unpaired) electrons. The van der Waals surface area contributed by atoms with Crippen LogP contribution < -0.4 is 5.32 Å². The van der Waals surface area contributed by atoms with E-state index in [2.05, 4.69) is 34.5 Å². The average molecular weight is 432 g/mol. The van der Waals surface area contributed by atoms with Crippen LogP contribution in [0.15, 0.2) is 72.1 Å². The second-order valence-corrected chi connectivity index (χ2v) is 8.27. The lowest BCUT2D eigenvalue weighted by Gasteiger charge is -2.10. The number of benzene rings is 2. The van der Waals surface area contributed by atoms with E-state index in [0.29, 0.717) is 12.3 Å². The first kappa shape index (κ1) is 20.9. The summed E-state index contributed by atoms with van der Waals surface area (Å²) in [6.07, 6.45) is 3.69. The summed E-state index contributed by atoms with van der Waals surface area (Å²) in [5.41, 5.74) is 6.25. The number of carbonyl (C=O) groups is 1. The third kappa shape index (κ3) is 4.56. The van der Waals surface area contributed by atoms with E-state index < -0.39 is 0 Å². The molecule has 0 saturated heterocycles. The molecule has 6 nitrogen and oxygen atoms in total. The van der Waals surface area contributed by atoms with Crippen LogP contribution in [-0.4, -0.2) is 31.0 Å². The SMILES string of the molecule is Cc1ccccc1-n1ccnc1SCC(=O)NCc1c(C)nn(-c2ccccc2)c1C. The Morgan fingerprint density at radius 2 is 1.77 bits per heavy atom. The Labute approximate surface area is 186 Å². The smallest absolute Gasteiger partial charge is 0.230 e. The fourth-order valence-electron chi connectivity index (χ4n) is 3.53. The summed E-state index contributed by atoms with van der Waals surface area (Å²) in [6, 6.07) is 18.1. The number of carbonyl (C=O) groups excluding carboxylic acids is 1. The van der Waals surface area contributed by atoms with Gasteiger partial charge in [-0.15, -0.1) is 0 Å². The number of aromatic nitrogens is 4. The number of thioether (sulfide) groups is 1. The zero-order valence-corrected chi connectivity index (χ0v) is 18.7. The average Bonchev–Trinajstić information content (AvgIpc) is 3.36. The molecule has 4 rings (SSSR count). The van der Waals surface area contributed by atoms with E-state index in [1.165, 1.54) is 11.8 Å². The Bertz CT molecular complexity index is 1200. The zero-order valence-electron chi connectivity index (χ0n) is 17.9. The van der Waals surface area contributed by atoms with Gasteiger partial charge in [-0.05, 0) is 44.5 Å². The largest absolute Gasteiger partial charge is 0.351 e. The van der Waals surface area contributed by atoms with Crippen molar-refractivity contribution in [2.45, 2.75) is 32.5 Å². The third-order valence-electron chi connectivity index (χ3n) is 5.22. The molecule has 0 spiro atoms. The van der Waals surface area contributed by atoms with Crippen LogP contribution in [0.25, 0.3) is 11.4 Å². The fraction of sp³-hybridized carbons (Fsp3) is 0.208. The van der Waals surface area contributed by atoms with Crippen LogP contribution in [0.3, 0.4) is 0 Å². The summed E-state index contributed by atoms with van der Waals surface area (Å²) in [7, 11) is 0. The molecule has 0 aliphatic carbocycles. The number of nitrogens with zero attached hydrogens (tertiary/aromatic N) is 4. The van der Waals surface area contributed by atoms with Crippen molar-refractivity contribution in [1.29, 1.82) is 0 Å². The first-order valence-electron chi connectivity index (χ1n) is 10.1. The van der Waals surface area contributed by atoms with Gasteiger partial charge in [-0.25, -0.2) is 9.67 Å². The minimum Gasteiger partial charge on any atom is -0.351 e. The highest BCUT2D eigenvalue weighted by molar-refractivity contribution is 7.99. The molecule has 1 amide bonds. The first-order valence-corrected chi connectivity index (χ1v) is 11.1. The number of imidazole rings is 1. The van der Waals surface area contributed by atoms with Crippen LogP contribution in [0.5, 0.6) is 0 Å². The molecule has 0 atom stereocenters. The highest BCUT2D eigenvalue weighted by atomic mass is 32.2. The van der Waals surface area contributed by atoms with Crippen LogP contribution in [0.2, 0.25) is 0 Å². The summed E-state index contributed by atoms with van der Waals surface area (Å²) in [4.78, 5) is 17.0. The van der Waals surface area contributed by atoms with Gasteiger partial charge in [0, 0.05) is 30.2 Å². The summed E-state index contributed by atoms with van der Waals surface area (Å²) >= 11 is 1.43. The van der Waals surface area contributed by atoms with Crippen LogP contribution in [0, 0.1) is 20.8 Å². The summed E-state index contributed by atoms with van der Waals surface area (Å²) in [5, 5.41) is 8.47. The van der Waals surface area contributed by atoms with Crippen molar-refractivity contribution in [2.24, 2.45) is 0 Å². The van der Waals surface area contributed by atoms with E-state index in [1.54, 1.807) is 6.20 Å². The van der Waals surface area contributed by atoms with E-state index in [9.17, 15) is 4.79 Å². The zero-order chi connectivity index (χ0) is 21.8. The summed E-state index contributed by atoms with van der Waals surface area (Å²) < 4.78 is 3.94. The number of para-hydroxylation sites is 2. The predicted octanol–water partition coefficient (Wildman–Crippen LogP) is 4.39. The Kier molecular flexibility index (Phi) is 6.23. The number of rotatable bonds is 7. The molecule has 4 aromatic rings. The van der Waals surface area contributed by atoms with Crippen molar-refractivity contribution in [3.05, 3.63) is 89.5 Å². The van der Waals surface area contributed by atoms with Gasteiger partial charge < -0.3 is 5.32 Å². The predicted molar refractivity (Wildman–Crippen MR) is 124 cm³/mol. The maximum atomic E-state index is 12.5. The molecule has 2 aromatic carbocycles. The lowest BCUT2D eigenvalue weighted by molar-refractivity contribution is -0.118. The molecule has 31 heavy (non-hydrogen) atoms. The number of nitrogens with one attached hydrogen (secondary N) is 1. The third-order valence-corrected chi connectivity index (χ3v) is 6.19. The van der Waals surface area contributed by atoms with Gasteiger partial charge in [0.2, 0.25) is 5.91 Å². The molecule has 2 aromatic heterocycles. The minimum absolute atomic E-state index is 0.0319. The molecule has 0 aliphatic heterocycles. The van der Waals surface area contributed by atoms with Crippen LogP contribution in [0.4, 0.5) is 0 Å². The number of hydrogen-bond donors (Lipinski definition) is 1. The van der Waals surface area contributed by atoms with Gasteiger partial charge in [-0.3, -0.25) is 9.36 Å². The Morgan fingerprint density at radius 3 is 2.55 bits per heavy atom. The molecule has 1 N–H and O–H groups in total. The topological polar surface area (TPSA) is 64.7 Å². The van der Waals surface area contributed by atoms with Gasteiger partial charge in [-0.1, -0.05) is 48.2 Å². The molecule has 0 aliphatic rings. The molecule has 0 saturated carbocycles. The first-order chi connectivity index (χ1) is 15.0. The van der Waals surface area contributed by atoms with Crippen LogP contribution in [0.1, 0.15) is 22.5 Å². The van der Waals surface area contributed by atoms with E-state index in [1.807, 2.05) is 71.8 Å². The Morgan fingerprint density at radius 1 is 1.03 bits per heavy atom. The summed E-state index contributed by atoms with van der Waals surface area (Å²) in [6.45, 7) is 6.52. The number of aryl methyl sites for hydroxylation is 2. The molecule has 2 heterocycles. The quantitative estimate of drug-likeness (QED) is 0.441. The maximum absolute atomic E-state index is 12.5. The van der Waals surface area contributed by atoms with Gasteiger partial charge in [0.15, 0.2) is 5.16 Å². The lowest BCUT2D eigenvalue weighted by atomic mass is 10.2. The molecule has 158 valence electrons. The molecule has 0 fully saturated rings. The Hall–Kier alpha value is -3.32. The number of hydrogen-bond acceptors (Lipinski definition) is 4. The summed E-state index contributed by atoms with van der Waals surface area (Å²) in [5.74, 6) is 0.268. The van der Waals surface area contributed by atoms with Crippen LogP contribution in [-0.2, 0) is 11.3 Å². The van der Waals surface area contributed by atoms with E-state index >= 15 is 0 Å². The van der Waals surface area contributed by atoms with E-state index in [-0.39, 0.29) is 5.91 Å². The molecular formula is C24H25N5OS. The van der Waals surface area contributed by atoms with Crippen LogP contribution >= 0.6 is 11.8 Å². The maximum Gasteiger partial charge on any atom is 0.230 e. The monoisotopic (exact) mass is 431 g/mol. The fourth-order valence-corrected chi connectivity index (χ4v) is 4.33. The number of amides is 1. The van der Waals surface area contributed by atoms with Gasteiger partial charge in [0.25, 0.3) is 0 Å². The van der Waals surface area contributed by atoms with Gasteiger partial charge in [-0.2, -0.15) is 5.10 Å². The highest BCUT2D eigenvalue weighted by Gasteiger charge is 2.15. The van der Waals surface area contributed by atoms with Crippen molar-refractivity contribution in [3.63, 3.8) is 0 Å². The van der Waals surface area contributed by atoms with E-state index in [4.69, 9.17) is 0 Å². The Balaban J connectivity index is 1.39. The molecule has 0 unspecified atom stereocenters. The van der Waals surface area contributed by atoms with E-state index in [0.717, 1.165) is 39.0 Å². The van der Waals surface area contributed by atoms with Crippen molar-refractivity contribution in [2.75, 3.05) is 5.75 Å².